The third kappa shape index (κ3) is 3.95. The highest BCUT2D eigenvalue weighted by molar-refractivity contribution is 6.24. The van der Waals surface area contributed by atoms with Gasteiger partial charge in [0.2, 0.25) is 5.78 Å². The van der Waals surface area contributed by atoms with Crippen molar-refractivity contribution in [3.8, 4) is 22.6 Å². The Kier molecular flexibility index (Phi) is 6.97. The lowest BCUT2D eigenvalue weighted by molar-refractivity contribution is -0.178. The summed E-state index contributed by atoms with van der Waals surface area (Å²) < 4.78 is 5.27. The number of fused-ring (bicyclic) bond motifs is 3. The lowest BCUT2D eigenvalue weighted by Crippen LogP contribution is -2.69. The summed E-state index contributed by atoms with van der Waals surface area (Å²) in [6, 6.07) is 9.00. The van der Waals surface area contributed by atoms with Crippen molar-refractivity contribution >= 4 is 23.1 Å². The van der Waals surface area contributed by atoms with Gasteiger partial charge in [0.25, 0.3) is 0 Å². The molecule has 0 amide bonds. The Morgan fingerprint density at radius 2 is 1.63 bits per heavy atom. The van der Waals surface area contributed by atoms with Crippen molar-refractivity contribution in [2.24, 2.45) is 22.7 Å². The Morgan fingerprint density at radius 1 is 1.02 bits per heavy atom. The van der Waals surface area contributed by atoms with Gasteiger partial charge in [0.1, 0.15) is 28.6 Å². The van der Waals surface area contributed by atoms with Gasteiger partial charge in [-0.15, -0.1) is 0 Å². The Balaban J connectivity index is 1.83. The van der Waals surface area contributed by atoms with Crippen molar-refractivity contribution in [1.29, 1.82) is 0 Å². The van der Waals surface area contributed by atoms with E-state index < -0.39 is 56.8 Å². The van der Waals surface area contributed by atoms with E-state index >= 15 is 0 Å². The van der Waals surface area contributed by atoms with Crippen LogP contribution in [0.4, 0.5) is 0 Å². The summed E-state index contributed by atoms with van der Waals surface area (Å²) in [7, 11) is 1.56. The SMILES string of the molecule is COc1ccc(-c2cc(C(C)C)c3c(c2O)C(O)=C2C(=O)[C@@]4(O)C(O)=C(C(C)=O)C(=O)C(C(C)C)[C@@]4(C)C[C@@]2(C)C3)cc1. The number of rotatable bonds is 5. The van der Waals surface area contributed by atoms with Crippen LogP contribution in [-0.4, -0.2) is 50.5 Å². The predicted octanol–water partition coefficient (Wildman–Crippen LogP) is 5.99. The molecule has 0 saturated heterocycles. The normalized spacial score (nSPS) is 28.7. The number of allylic oxidation sites excluding steroid dienone is 1. The predicted molar refractivity (Wildman–Crippen MR) is 162 cm³/mol. The first-order valence-electron chi connectivity index (χ1n) is 14.7. The standard InChI is InChI=1S/C35H40O8/c1-16(2)21-13-22(19-9-11-20(43-8)12-10-19)28(37)25-23(21)14-33(6)15-34(7)26(17(3)4)29(38)24(18(5)36)31(40)35(34,42)32(41)27(33)30(25)39/h9-13,16-17,26,37,39-40,42H,14-15H2,1-8H3/t26?,33-,34-,35+/m1/s1. The van der Waals surface area contributed by atoms with E-state index in [1.165, 1.54) is 0 Å². The second kappa shape index (κ2) is 9.81. The van der Waals surface area contributed by atoms with Crippen LogP contribution in [-0.2, 0) is 20.8 Å². The minimum Gasteiger partial charge on any atom is -0.508 e. The highest BCUT2D eigenvalue weighted by atomic mass is 16.5. The maximum atomic E-state index is 14.6. The zero-order chi connectivity index (χ0) is 32.0. The third-order valence-corrected chi connectivity index (χ3v) is 10.1. The second-order valence-electron chi connectivity index (χ2n) is 13.6. The summed E-state index contributed by atoms with van der Waals surface area (Å²) in [6.07, 6.45) is 0.301. The number of Topliss-reactive ketones (excluding diaryl/α,β-unsaturated/α-hetero) is 3. The molecule has 1 unspecified atom stereocenters. The Labute approximate surface area is 251 Å². The third-order valence-electron chi connectivity index (χ3n) is 10.1. The topological polar surface area (TPSA) is 141 Å². The van der Waals surface area contributed by atoms with Crippen LogP contribution < -0.4 is 4.74 Å². The van der Waals surface area contributed by atoms with E-state index in [-0.39, 0.29) is 41.6 Å². The van der Waals surface area contributed by atoms with Crippen LogP contribution in [0.3, 0.4) is 0 Å². The first-order chi connectivity index (χ1) is 20.0. The molecule has 1 saturated carbocycles. The van der Waals surface area contributed by atoms with Gasteiger partial charge in [0, 0.05) is 27.9 Å². The molecule has 5 rings (SSSR count). The van der Waals surface area contributed by atoms with Crippen molar-refractivity contribution in [3.05, 3.63) is 63.9 Å². The number of hydrogen-bond donors (Lipinski definition) is 4. The molecule has 0 radical (unpaired) electrons. The van der Waals surface area contributed by atoms with E-state index in [2.05, 4.69) is 0 Å². The van der Waals surface area contributed by atoms with E-state index in [1.54, 1.807) is 52.1 Å². The van der Waals surface area contributed by atoms with E-state index in [0.717, 1.165) is 12.5 Å². The zero-order valence-electron chi connectivity index (χ0n) is 26.0. The fourth-order valence-corrected chi connectivity index (χ4v) is 8.32. The number of methoxy groups -OCH3 is 1. The van der Waals surface area contributed by atoms with Gasteiger partial charge in [-0.1, -0.05) is 53.7 Å². The summed E-state index contributed by atoms with van der Waals surface area (Å²) >= 11 is 0. The molecule has 43 heavy (non-hydrogen) atoms. The van der Waals surface area contributed by atoms with Gasteiger partial charge in [-0.2, -0.15) is 0 Å². The number of carbonyl (C=O) groups is 3. The number of ether oxygens (including phenoxy) is 1. The molecule has 2 aromatic carbocycles. The van der Waals surface area contributed by atoms with Crippen molar-refractivity contribution in [2.45, 2.75) is 72.8 Å². The van der Waals surface area contributed by atoms with E-state index in [9.17, 15) is 34.8 Å². The average Bonchev–Trinajstić information content (AvgIpc) is 2.90. The quantitative estimate of drug-likeness (QED) is 0.312. The van der Waals surface area contributed by atoms with Crippen molar-refractivity contribution in [2.75, 3.05) is 7.11 Å². The van der Waals surface area contributed by atoms with Crippen LogP contribution in [0, 0.1) is 22.7 Å². The molecule has 8 nitrogen and oxygen atoms in total. The molecule has 1 fully saturated rings. The van der Waals surface area contributed by atoms with E-state index in [0.29, 0.717) is 22.4 Å². The summed E-state index contributed by atoms with van der Waals surface area (Å²) in [5.74, 6) is -4.68. The number of aromatic hydroxyl groups is 1. The number of phenolic OH excluding ortho intramolecular Hbond substituents is 1. The fourth-order valence-electron chi connectivity index (χ4n) is 8.32. The van der Waals surface area contributed by atoms with Crippen molar-refractivity contribution < 1.29 is 39.5 Å². The average molecular weight is 589 g/mol. The molecule has 0 aliphatic heterocycles. The van der Waals surface area contributed by atoms with Crippen LogP contribution in [0.2, 0.25) is 0 Å². The van der Waals surface area contributed by atoms with Crippen LogP contribution in [0.5, 0.6) is 11.5 Å². The Morgan fingerprint density at radius 3 is 2.14 bits per heavy atom. The number of ketones is 3. The minimum absolute atomic E-state index is 0.0131. The maximum Gasteiger partial charge on any atom is 0.203 e. The molecule has 4 N–H and O–H groups in total. The molecule has 3 aliphatic carbocycles. The van der Waals surface area contributed by atoms with Gasteiger partial charge in [-0.05, 0) is 66.5 Å². The molecule has 3 aliphatic rings. The molecule has 0 heterocycles. The molecule has 0 bridgehead atoms. The minimum atomic E-state index is -2.64. The first kappa shape index (κ1) is 30.5. The summed E-state index contributed by atoms with van der Waals surface area (Å²) in [5, 5.41) is 47.3. The molecule has 4 atom stereocenters. The summed E-state index contributed by atoms with van der Waals surface area (Å²) in [5.41, 5.74) is -3.11. The fraction of sp³-hybridized carbons (Fsp3) is 0.457. The van der Waals surface area contributed by atoms with E-state index in [1.807, 2.05) is 26.8 Å². The van der Waals surface area contributed by atoms with Gasteiger partial charge in [0.05, 0.1) is 12.7 Å². The van der Waals surface area contributed by atoms with Crippen LogP contribution in [0.15, 0.2) is 47.2 Å². The number of aliphatic hydroxyl groups is 3. The first-order valence-corrected chi connectivity index (χ1v) is 14.7. The van der Waals surface area contributed by atoms with Crippen LogP contribution >= 0.6 is 0 Å². The lowest BCUT2D eigenvalue weighted by Gasteiger charge is -2.59. The van der Waals surface area contributed by atoms with Gasteiger partial charge >= 0.3 is 0 Å². The molecule has 228 valence electrons. The number of benzene rings is 2. The Bertz CT molecular complexity index is 1640. The van der Waals surface area contributed by atoms with Crippen LogP contribution in [0.1, 0.15) is 77.5 Å². The lowest BCUT2D eigenvalue weighted by atomic mass is 9.43. The Hall–Kier alpha value is -3.91. The zero-order valence-corrected chi connectivity index (χ0v) is 26.0. The number of hydrogen-bond acceptors (Lipinski definition) is 8. The van der Waals surface area contributed by atoms with Gasteiger partial charge in [-0.3, -0.25) is 14.4 Å². The molecule has 8 heteroatoms. The highest BCUT2D eigenvalue weighted by Gasteiger charge is 2.72. The number of phenols is 1. The molecule has 0 spiro atoms. The summed E-state index contributed by atoms with van der Waals surface area (Å²) in [4.78, 5) is 40.9. The number of aliphatic hydroxyl groups excluding tert-OH is 2. The highest BCUT2D eigenvalue weighted by Crippen LogP contribution is 2.65. The van der Waals surface area contributed by atoms with Crippen molar-refractivity contribution in [3.63, 3.8) is 0 Å². The molecule has 0 aromatic heterocycles. The molecular formula is C35H40O8. The van der Waals surface area contributed by atoms with Crippen molar-refractivity contribution in [1.82, 2.24) is 0 Å². The number of carbonyl (C=O) groups excluding carboxylic acids is 3. The largest absolute Gasteiger partial charge is 0.508 e. The van der Waals surface area contributed by atoms with Crippen LogP contribution in [0.25, 0.3) is 16.9 Å². The molecule has 2 aromatic rings. The van der Waals surface area contributed by atoms with Gasteiger partial charge < -0.3 is 25.2 Å². The maximum absolute atomic E-state index is 14.6. The van der Waals surface area contributed by atoms with E-state index in [4.69, 9.17) is 4.74 Å². The summed E-state index contributed by atoms with van der Waals surface area (Å²) in [6.45, 7) is 12.1. The smallest absolute Gasteiger partial charge is 0.203 e. The monoisotopic (exact) mass is 588 g/mol. The molecular weight excluding hydrogens is 548 g/mol. The van der Waals surface area contributed by atoms with Gasteiger partial charge in [-0.25, -0.2) is 0 Å². The van der Waals surface area contributed by atoms with Gasteiger partial charge in [0.15, 0.2) is 17.2 Å². The second-order valence-corrected chi connectivity index (χ2v) is 13.6.